The monoisotopic (exact) mass is 516 g/mol. The van der Waals surface area contributed by atoms with E-state index < -0.39 is 5.97 Å². The summed E-state index contributed by atoms with van der Waals surface area (Å²) in [4.78, 5) is 25.4. The first kappa shape index (κ1) is 22.2. The van der Waals surface area contributed by atoms with Crippen LogP contribution in [0.5, 0.6) is 11.5 Å². The molecule has 0 bridgehead atoms. The van der Waals surface area contributed by atoms with Crippen molar-refractivity contribution in [2.75, 3.05) is 0 Å². The summed E-state index contributed by atoms with van der Waals surface area (Å²) in [6, 6.07) is 19.8. The van der Waals surface area contributed by atoms with Crippen molar-refractivity contribution in [2.24, 2.45) is 0 Å². The van der Waals surface area contributed by atoms with Gasteiger partial charge >= 0.3 is 5.97 Å². The molecular formula is C28H21BrO5. The third-order valence-corrected chi connectivity index (χ3v) is 6.10. The minimum Gasteiger partial charge on any atom is -0.452 e. The Bertz CT molecular complexity index is 1470. The van der Waals surface area contributed by atoms with Crippen molar-refractivity contribution in [1.82, 2.24) is 0 Å². The predicted octanol–water partition coefficient (Wildman–Crippen LogP) is 7.33. The second-order valence-corrected chi connectivity index (χ2v) is 10.1. The van der Waals surface area contributed by atoms with E-state index in [2.05, 4.69) is 36.7 Å². The fourth-order valence-corrected chi connectivity index (χ4v) is 4.11. The summed E-state index contributed by atoms with van der Waals surface area (Å²) >= 11 is 3.40. The van der Waals surface area contributed by atoms with Crippen LogP contribution in [-0.2, 0) is 5.41 Å². The topological polar surface area (TPSA) is 65.7 Å². The Morgan fingerprint density at radius 3 is 2.47 bits per heavy atom. The van der Waals surface area contributed by atoms with Crippen LogP contribution in [0.15, 0.2) is 81.4 Å². The highest BCUT2D eigenvalue weighted by molar-refractivity contribution is 9.10. The van der Waals surface area contributed by atoms with Crippen molar-refractivity contribution in [3.63, 3.8) is 0 Å². The number of allylic oxidation sites excluding steroid dienone is 1. The molecule has 170 valence electrons. The van der Waals surface area contributed by atoms with Crippen molar-refractivity contribution < 1.29 is 23.5 Å². The molecule has 0 aliphatic carbocycles. The molecule has 5 nitrogen and oxygen atoms in total. The van der Waals surface area contributed by atoms with Gasteiger partial charge in [-0.05, 0) is 59.0 Å². The number of benzene rings is 3. The summed E-state index contributed by atoms with van der Waals surface area (Å²) in [5.41, 5.74) is 3.14. The number of Topliss-reactive ketones (excluding diaryl/α,β-unsaturated/α-hetero) is 1. The lowest BCUT2D eigenvalue weighted by Gasteiger charge is -2.18. The molecule has 3 aromatic carbocycles. The molecule has 0 fully saturated rings. The second-order valence-electron chi connectivity index (χ2n) is 9.15. The molecule has 0 spiro atoms. The van der Waals surface area contributed by atoms with Crippen LogP contribution < -0.4 is 9.47 Å². The van der Waals surface area contributed by atoms with E-state index >= 15 is 0 Å². The van der Waals surface area contributed by atoms with Crippen molar-refractivity contribution in [3.05, 3.63) is 99.4 Å². The van der Waals surface area contributed by atoms with Crippen LogP contribution in [0.3, 0.4) is 0 Å². The molecule has 1 aliphatic rings. The Balaban J connectivity index is 1.34. The number of ketones is 1. The molecular weight excluding hydrogens is 496 g/mol. The lowest BCUT2D eigenvalue weighted by atomic mass is 9.86. The van der Waals surface area contributed by atoms with Crippen LogP contribution in [0.2, 0.25) is 0 Å². The maximum Gasteiger partial charge on any atom is 0.379 e. The van der Waals surface area contributed by atoms with Gasteiger partial charge in [-0.25, -0.2) is 4.79 Å². The van der Waals surface area contributed by atoms with Crippen LogP contribution >= 0.6 is 15.9 Å². The molecule has 0 saturated carbocycles. The molecule has 0 amide bonds. The Hall–Kier alpha value is -3.64. The maximum absolute atomic E-state index is 12.8. The minimum atomic E-state index is -0.633. The van der Waals surface area contributed by atoms with Gasteiger partial charge in [0.15, 0.2) is 5.76 Å². The van der Waals surface area contributed by atoms with E-state index in [1.807, 2.05) is 36.4 Å². The molecule has 2 heterocycles. The summed E-state index contributed by atoms with van der Waals surface area (Å²) in [6.45, 7) is 6.45. The molecule has 5 rings (SSSR count). The highest BCUT2D eigenvalue weighted by Crippen LogP contribution is 2.35. The average Bonchev–Trinajstić information content (AvgIpc) is 3.34. The number of carbonyl (C=O) groups is 2. The zero-order chi connectivity index (χ0) is 24.0. The highest BCUT2D eigenvalue weighted by Gasteiger charge is 2.28. The first-order chi connectivity index (χ1) is 16.2. The number of rotatable bonds is 3. The molecule has 6 heteroatoms. The summed E-state index contributed by atoms with van der Waals surface area (Å²) in [6.07, 6.45) is 1.72. The van der Waals surface area contributed by atoms with E-state index in [0.29, 0.717) is 16.9 Å². The lowest BCUT2D eigenvalue weighted by Crippen LogP contribution is -2.10. The van der Waals surface area contributed by atoms with E-state index in [9.17, 15) is 9.59 Å². The fourth-order valence-electron chi connectivity index (χ4n) is 3.73. The molecule has 4 aromatic rings. The van der Waals surface area contributed by atoms with Gasteiger partial charge < -0.3 is 13.9 Å². The first-order valence-electron chi connectivity index (χ1n) is 10.8. The summed E-state index contributed by atoms with van der Waals surface area (Å²) in [5, 5.41) is 0.787. The van der Waals surface area contributed by atoms with Crippen molar-refractivity contribution in [3.8, 4) is 11.5 Å². The zero-order valence-corrected chi connectivity index (χ0v) is 20.4. The quantitative estimate of drug-likeness (QED) is 0.162. The van der Waals surface area contributed by atoms with Gasteiger partial charge in [-0.15, -0.1) is 0 Å². The maximum atomic E-state index is 12.8. The molecule has 0 N–H and O–H groups in total. The molecule has 34 heavy (non-hydrogen) atoms. The molecule has 1 aliphatic heterocycles. The Morgan fingerprint density at radius 1 is 0.971 bits per heavy atom. The fraction of sp³-hybridized carbons (Fsp3) is 0.143. The van der Waals surface area contributed by atoms with E-state index in [-0.39, 0.29) is 28.5 Å². The van der Waals surface area contributed by atoms with Crippen molar-refractivity contribution >= 4 is 44.7 Å². The van der Waals surface area contributed by atoms with Gasteiger partial charge in [0, 0.05) is 15.9 Å². The average molecular weight is 517 g/mol. The van der Waals surface area contributed by atoms with Gasteiger partial charge in [-0.2, -0.15) is 0 Å². The Morgan fingerprint density at radius 2 is 1.74 bits per heavy atom. The standard InChI is InChI=1S/C28H21BrO5/c1-28(2,3)18-6-4-16(5-7-18)12-24-26(30)21-10-9-20(15-23(21)34-24)32-27(31)25-14-17-13-19(29)8-11-22(17)33-25/h4-15H,1-3H3/b24-12-. The van der Waals surface area contributed by atoms with Crippen LogP contribution in [0.4, 0.5) is 0 Å². The molecule has 0 atom stereocenters. The van der Waals surface area contributed by atoms with Gasteiger partial charge in [-0.3, -0.25) is 4.79 Å². The normalized spacial score (nSPS) is 14.4. The minimum absolute atomic E-state index is 0.0502. The highest BCUT2D eigenvalue weighted by atomic mass is 79.9. The van der Waals surface area contributed by atoms with E-state index in [1.165, 1.54) is 11.6 Å². The SMILES string of the molecule is CC(C)(C)c1ccc(/C=C2\Oc3cc(OC(=O)c4cc5cc(Br)ccc5o4)ccc3C2=O)cc1. The van der Waals surface area contributed by atoms with Crippen LogP contribution in [-0.4, -0.2) is 11.8 Å². The van der Waals surface area contributed by atoms with Gasteiger partial charge in [0.2, 0.25) is 11.5 Å². The van der Waals surface area contributed by atoms with Gasteiger partial charge in [-0.1, -0.05) is 61.0 Å². The van der Waals surface area contributed by atoms with Crippen molar-refractivity contribution in [1.29, 1.82) is 0 Å². The number of carbonyl (C=O) groups excluding carboxylic acids is 2. The van der Waals surface area contributed by atoms with E-state index in [4.69, 9.17) is 13.9 Å². The number of fused-ring (bicyclic) bond motifs is 2. The molecule has 1 aromatic heterocycles. The van der Waals surface area contributed by atoms with E-state index in [1.54, 1.807) is 30.3 Å². The van der Waals surface area contributed by atoms with Crippen molar-refractivity contribution in [2.45, 2.75) is 26.2 Å². The third kappa shape index (κ3) is 4.29. The molecule has 0 saturated heterocycles. The van der Waals surface area contributed by atoms with Gasteiger partial charge in [0.25, 0.3) is 0 Å². The zero-order valence-electron chi connectivity index (χ0n) is 18.8. The second kappa shape index (κ2) is 8.29. The summed E-state index contributed by atoms with van der Waals surface area (Å²) in [5.74, 6) is 0.0760. The van der Waals surface area contributed by atoms with Crippen LogP contribution in [0.25, 0.3) is 17.0 Å². The summed E-state index contributed by atoms with van der Waals surface area (Å²) < 4.78 is 17.7. The lowest BCUT2D eigenvalue weighted by molar-refractivity contribution is 0.0703. The first-order valence-corrected chi connectivity index (χ1v) is 11.6. The number of ether oxygens (including phenoxy) is 2. The summed E-state index contributed by atoms with van der Waals surface area (Å²) in [7, 11) is 0. The largest absolute Gasteiger partial charge is 0.452 e. The Kier molecular flexibility index (Phi) is 5.41. The predicted molar refractivity (Wildman–Crippen MR) is 133 cm³/mol. The number of furan rings is 1. The number of hydrogen-bond acceptors (Lipinski definition) is 5. The van der Waals surface area contributed by atoms with Gasteiger partial charge in [0.05, 0.1) is 5.56 Å². The number of halogens is 1. The molecule has 0 unspecified atom stereocenters. The van der Waals surface area contributed by atoms with Crippen LogP contribution in [0.1, 0.15) is 52.8 Å². The smallest absolute Gasteiger partial charge is 0.379 e. The third-order valence-electron chi connectivity index (χ3n) is 5.61. The Labute approximate surface area is 205 Å². The van der Waals surface area contributed by atoms with Crippen LogP contribution in [0, 0.1) is 0 Å². The molecule has 0 radical (unpaired) electrons. The number of esters is 1. The van der Waals surface area contributed by atoms with E-state index in [0.717, 1.165) is 15.4 Å². The van der Waals surface area contributed by atoms with Gasteiger partial charge in [0.1, 0.15) is 17.1 Å². The number of hydrogen-bond donors (Lipinski definition) is 0.